The molecule has 134 valence electrons. The van der Waals surface area contributed by atoms with Crippen molar-refractivity contribution < 1.29 is 19.1 Å². The minimum absolute atomic E-state index is 0.00818. The highest BCUT2D eigenvalue weighted by atomic mass is 32.1. The van der Waals surface area contributed by atoms with Crippen molar-refractivity contribution in [2.75, 3.05) is 18.5 Å². The summed E-state index contributed by atoms with van der Waals surface area (Å²) in [4.78, 5) is 24.1. The van der Waals surface area contributed by atoms with Crippen LogP contribution in [0.3, 0.4) is 0 Å². The fourth-order valence-corrected chi connectivity index (χ4v) is 2.45. The first kappa shape index (κ1) is 18.9. The molecule has 0 saturated carbocycles. The number of ether oxygens (including phenoxy) is 2. The Bertz CT molecular complexity index is 713. The molecule has 0 atom stereocenters. The largest absolute Gasteiger partial charge is 0.494 e. The van der Waals surface area contributed by atoms with Crippen molar-refractivity contribution in [2.24, 2.45) is 5.92 Å². The SMILES string of the molecule is CCOC(=O)c1nnsc1NC(=O)c1ccc(OCCC(C)C)cc1. The molecule has 0 radical (unpaired) electrons. The van der Waals surface area contributed by atoms with E-state index in [-0.39, 0.29) is 23.2 Å². The van der Waals surface area contributed by atoms with Crippen LogP contribution in [0, 0.1) is 5.92 Å². The lowest BCUT2D eigenvalue weighted by atomic mass is 10.1. The van der Waals surface area contributed by atoms with Gasteiger partial charge in [0.2, 0.25) is 5.69 Å². The van der Waals surface area contributed by atoms with E-state index in [9.17, 15) is 9.59 Å². The molecule has 0 aliphatic carbocycles. The molecule has 0 aliphatic heterocycles. The number of rotatable bonds is 8. The molecule has 7 nitrogen and oxygen atoms in total. The van der Waals surface area contributed by atoms with E-state index in [1.807, 2.05) is 0 Å². The van der Waals surface area contributed by atoms with Gasteiger partial charge in [-0.15, -0.1) is 5.10 Å². The van der Waals surface area contributed by atoms with Crippen molar-refractivity contribution in [2.45, 2.75) is 27.2 Å². The van der Waals surface area contributed by atoms with Crippen molar-refractivity contribution in [1.82, 2.24) is 9.59 Å². The topological polar surface area (TPSA) is 90.4 Å². The number of carbonyl (C=O) groups is 2. The summed E-state index contributed by atoms with van der Waals surface area (Å²) < 4.78 is 14.2. The molecular weight excluding hydrogens is 342 g/mol. The van der Waals surface area contributed by atoms with E-state index < -0.39 is 5.97 Å². The van der Waals surface area contributed by atoms with E-state index in [0.29, 0.717) is 23.8 Å². The first-order valence-corrected chi connectivity index (χ1v) is 8.82. The molecule has 1 heterocycles. The average molecular weight is 363 g/mol. The Hall–Kier alpha value is -2.48. The number of aromatic nitrogens is 2. The molecule has 0 aliphatic rings. The smallest absolute Gasteiger partial charge is 0.362 e. The van der Waals surface area contributed by atoms with Crippen molar-refractivity contribution in [3.8, 4) is 5.75 Å². The predicted octanol–water partition coefficient (Wildman–Crippen LogP) is 3.39. The van der Waals surface area contributed by atoms with Gasteiger partial charge in [0.1, 0.15) is 5.75 Å². The van der Waals surface area contributed by atoms with Gasteiger partial charge < -0.3 is 14.8 Å². The van der Waals surface area contributed by atoms with Crippen LogP contribution >= 0.6 is 11.5 Å². The minimum Gasteiger partial charge on any atom is -0.494 e. The maximum Gasteiger partial charge on any atom is 0.362 e. The number of nitrogens with one attached hydrogen (secondary N) is 1. The highest BCUT2D eigenvalue weighted by Gasteiger charge is 2.20. The fourth-order valence-electron chi connectivity index (χ4n) is 1.90. The minimum atomic E-state index is -0.611. The van der Waals surface area contributed by atoms with Crippen LogP contribution in [0.5, 0.6) is 5.75 Å². The lowest BCUT2D eigenvalue weighted by Gasteiger charge is -2.09. The van der Waals surface area contributed by atoms with E-state index in [0.717, 1.165) is 18.0 Å². The summed E-state index contributed by atoms with van der Waals surface area (Å²) in [5, 5.41) is 6.60. The van der Waals surface area contributed by atoms with E-state index in [4.69, 9.17) is 9.47 Å². The Balaban J connectivity index is 1.97. The second-order valence-corrected chi connectivity index (χ2v) is 6.43. The van der Waals surface area contributed by atoms with Gasteiger partial charge in [0.05, 0.1) is 13.2 Å². The zero-order valence-electron chi connectivity index (χ0n) is 14.4. The van der Waals surface area contributed by atoms with Crippen molar-refractivity contribution in [3.05, 3.63) is 35.5 Å². The number of anilines is 1. The standard InChI is InChI=1S/C17H21N3O4S/c1-4-23-17(22)14-16(25-20-19-14)18-15(21)12-5-7-13(8-6-12)24-10-9-11(2)3/h5-8,11H,4,9-10H2,1-3H3,(H,18,21). The lowest BCUT2D eigenvalue weighted by molar-refractivity contribution is 0.0520. The Labute approximate surface area is 150 Å². The molecular formula is C17H21N3O4S. The second-order valence-electron chi connectivity index (χ2n) is 5.68. The lowest BCUT2D eigenvalue weighted by Crippen LogP contribution is -2.15. The van der Waals surface area contributed by atoms with E-state index in [2.05, 4.69) is 28.8 Å². The van der Waals surface area contributed by atoms with Crippen LogP contribution in [0.15, 0.2) is 24.3 Å². The van der Waals surface area contributed by atoms with Crippen LogP contribution in [0.2, 0.25) is 0 Å². The molecule has 0 bridgehead atoms. The number of amides is 1. The summed E-state index contributed by atoms with van der Waals surface area (Å²) in [6.07, 6.45) is 0.969. The van der Waals surface area contributed by atoms with Crippen molar-refractivity contribution in [3.63, 3.8) is 0 Å². The third kappa shape index (κ3) is 5.53. The van der Waals surface area contributed by atoms with Gasteiger partial charge in [-0.3, -0.25) is 4.79 Å². The fraction of sp³-hybridized carbons (Fsp3) is 0.412. The molecule has 25 heavy (non-hydrogen) atoms. The Kier molecular flexibility index (Phi) is 6.88. The quantitative estimate of drug-likeness (QED) is 0.723. The summed E-state index contributed by atoms with van der Waals surface area (Å²) in [5.41, 5.74) is 0.452. The van der Waals surface area contributed by atoms with E-state index in [1.165, 1.54) is 0 Å². The van der Waals surface area contributed by atoms with Gasteiger partial charge in [-0.1, -0.05) is 18.3 Å². The van der Waals surface area contributed by atoms with Gasteiger partial charge in [-0.2, -0.15) is 0 Å². The van der Waals surface area contributed by atoms with Gasteiger partial charge in [0.25, 0.3) is 5.91 Å². The van der Waals surface area contributed by atoms with Gasteiger partial charge >= 0.3 is 5.97 Å². The number of nitrogens with zero attached hydrogens (tertiary/aromatic N) is 2. The maximum absolute atomic E-state index is 12.3. The number of hydrogen-bond donors (Lipinski definition) is 1. The summed E-state index contributed by atoms with van der Waals surface area (Å²) in [5.74, 6) is 0.321. The van der Waals surface area contributed by atoms with Gasteiger partial charge in [-0.05, 0) is 43.5 Å². The first-order valence-electron chi connectivity index (χ1n) is 8.05. The summed E-state index contributed by atoms with van der Waals surface area (Å²) in [7, 11) is 0. The van der Waals surface area contributed by atoms with Crippen LogP contribution < -0.4 is 10.1 Å². The molecule has 8 heteroatoms. The van der Waals surface area contributed by atoms with Crippen LogP contribution in [0.4, 0.5) is 5.00 Å². The van der Waals surface area contributed by atoms with Gasteiger partial charge in [0, 0.05) is 17.1 Å². The molecule has 2 rings (SSSR count). The molecule has 0 saturated heterocycles. The molecule has 2 aromatic rings. The summed E-state index contributed by atoms with van der Waals surface area (Å²) in [6, 6.07) is 6.82. The van der Waals surface area contributed by atoms with Crippen molar-refractivity contribution >= 4 is 28.4 Å². The molecule has 1 amide bonds. The van der Waals surface area contributed by atoms with Crippen LogP contribution in [0.25, 0.3) is 0 Å². The van der Waals surface area contributed by atoms with Crippen LogP contribution in [-0.4, -0.2) is 34.7 Å². The summed E-state index contributed by atoms with van der Waals surface area (Å²) >= 11 is 0.925. The second kappa shape index (κ2) is 9.12. The van der Waals surface area contributed by atoms with Crippen molar-refractivity contribution in [1.29, 1.82) is 0 Å². The molecule has 0 fully saturated rings. The highest BCUT2D eigenvalue weighted by Crippen LogP contribution is 2.20. The average Bonchev–Trinajstić information content (AvgIpc) is 3.03. The Morgan fingerprint density at radius 1 is 1.24 bits per heavy atom. The zero-order chi connectivity index (χ0) is 18.2. The van der Waals surface area contributed by atoms with Gasteiger partial charge in [0.15, 0.2) is 5.00 Å². The Morgan fingerprint density at radius 3 is 2.60 bits per heavy atom. The molecule has 0 spiro atoms. The van der Waals surface area contributed by atoms with Crippen LogP contribution in [0.1, 0.15) is 48.0 Å². The monoisotopic (exact) mass is 363 g/mol. The molecule has 1 N–H and O–H groups in total. The third-order valence-corrected chi connectivity index (χ3v) is 3.91. The highest BCUT2D eigenvalue weighted by molar-refractivity contribution is 7.10. The maximum atomic E-state index is 12.3. The normalized spacial score (nSPS) is 10.6. The van der Waals surface area contributed by atoms with E-state index >= 15 is 0 Å². The summed E-state index contributed by atoms with van der Waals surface area (Å²) in [6.45, 7) is 6.83. The zero-order valence-corrected chi connectivity index (χ0v) is 15.3. The number of benzene rings is 1. The molecule has 0 unspecified atom stereocenters. The number of esters is 1. The first-order chi connectivity index (χ1) is 12.0. The Morgan fingerprint density at radius 2 is 1.96 bits per heavy atom. The third-order valence-electron chi connectivity index (χ3n) is 3.26. The molecule has 1 aromatic heterocycles. The van der Waals surface area contributed by atoms with Crippen LogP contribution in [-0.2, 0) is 4.74 Å². The predicted molar refractivity (Wildman–Crippen MR) is 95.2 cm³/mol. The van der Waals surface area contributed by atoms with E-state index in [1.54, 1.807) is 31.2 Å². The molecule has 1 aromatic carbocycles. The number of carbonyl (C=O) groups excluding carboxylic acids is 2. The van der Waals surface area contributed by atoms with Gasteiger partial charge in [-0.25, -0.2) is 4.79 Å². The number of hydrogen-bond acceptors (Lipinski definition) is 7.